The van der Waals surface area contributed by atoms with Gasteiger partial charge in [-0.2, -0.15) is 0 Å². The van der Waals surface area contributed by atoms with E-state index in [4.69, 9.17) is 0 Å². The summed E-state index contributed by atoms with van der Waals surface area (Å²) in [6.45, 7) is 4.40. The van der Waals surface area contributed by atoms with Gasteiger partial charge in [0.1, 0.15) is 6.33 Å². The predicted octanol–water partition coefficient (Wildman–Crippen LogP) is 1.30. The Bertz CT molecular complexity index is 249. The maximum atomic E-state index is 4.01. The van der Waals surface area contributed by atoms with Crippen LogP contribution in [-0.2, 0) is 7.05 Å². The third kappa shape index (κ3) is 4.11. The number of hydrogen-bond acceptors (Lipinski definition) is 4. The Hall–Kier alpha value is -0.550. The topological polar surface area (TPSA) is 42.7 Å². The minimum atomic E-state index is 1.00. The quantitative estimate of drug-likeness (QED) is 0.549. The summed E-state index contributed by atoms with van der Waals surface area (Å²) < 4.78 is 1.95. The molecule has 0 aliphatic heterocycles. The van der Waals surface area contributed by atoms with Crippen molar-refractivity contribution in [2.45, 2.75) is 24.9 Å². The molecular formula is C9H18N4S. The van der Waals surface area contributed by atoms with Gasteiger partial charge in [0.05, 0.1) is 0 Å². The van der Waals surface area contributed by atoms with Crippen molar-refractivity contribution in [3.8, 4) is 0 Å². The van der Waals surface area contributed by atoms with Crippen LogP contribution in [0.3, 0.4) is 0 Å². The summed E-state index contributed by atoms with van der Waals surface area (Å²) in [7, 11) is 1.97. The largest absolute Gasteiger partial charge is 0.317 e. The molecule has 0 fully saturated rings. The van der Waals surface area contributed by atoms with Crippen molar-refractivity contribution in [3.05, 3.63) is 6.33 Å². The minimum Gasteiger partial charge on any atom is -0.317 e. The Morgan fingerprint density at radius 3 is 3.00 bits per heavy atom. The monoisotopic (exact) mass is 214 g/mol. The summed E-state index contributed by atoms with van der Waals surface area (Å²) in [5.41, 5.74) is 0. The number of nitrogens with one attached hydrogen (secondary N) is 1. The highest BCUT2D eigenvalue weighted by atomic mass is 32.2. The molecule has 0 spiro atoms. The van der Waals surface area contributed by atoms with Crippen LogP contribution in [0.4, 0.5) is 0 Å². The van der Waals surface area contributed by atoms with Gasteiger partial charge in [0.25, 0.3) is 0 Å². The van der Waals surface area contributed by atoms with Crippen molar-refractivity contribution in [2.75, 3.05) is 18.8 Å². The summed E-state index contributed by atoms with van der Waals surface area (Å²) in [6, 6.07) is 0. The van der Waals surface area contributed by atoms with Crippen molar-refractivity contribution < 1.29 is 0 Å². The van der Waals surface area contributed by atoms with Crippen LogP contribution < -0.4 is 5.32 Å². The molecule has 1 aromatic rings. The van der Waals surface area contributed by atoms with Crippen LogP contribution in [-0.4, -0.2) is 33.6 Å². The number of nitrogens with zero attached hydrogens (tertiary/aromatic N) is 3. The van der Waals surface area contributed by atoms with Crippen LogP contribution in [0.2, 0.25) is 0 Å². The van der Waals surface area contributed by atoms with Gasteiger partial charge >= 0.3 is 0 Å². The molecule has 80 valence electrons. The molecule has 14 heavy (non-hydrogen) atoms. The summed E-state index contributed by atoms with van der Waals surface area (Å²) >= 11 is 1.76. The zero-order chi connectivity index (χ0) is 10.2. The van der Waals surface area contributed by atoms with Crippen molar-refractivity contribution in [3.63, 3.8) is 0 Å². The minimum absolute atomic E-state index is 1.00. The fourth-order valence-electron chi connectivity index (χ4n) is 1.07. The lowest BCUT2D eigenvalue weighted by Gasteiger charge is -2.02. The van der Waals surface area contributed by atoms with Crippen LogP contribution in [0.15, 0.2) is 11.5 Å². The van der Waals surface area contributed by atoms with Crippen LogP contribution >= 0.6 is 11.8 Å². The molecule has 1 heterocycles. The summed E-state index contributed by atoms with van der Waals surface area (Å²) in [6.07, 6.45) is 4.12. The van der Waals surface area contributed by atoms with E-state index in [2.05, 4.69) is 22.4 Å². The van der Waals surface area contributed by atoms with Gasteiger partial charge in [0.15, 0.2) is 5.16 Å². The van der Waals surface area contributed by atoms with E-state index in [0.717, 1.165) is 24.0 Å². The SMILES string of the molecule is CCCNCCCSc1nncn1C. The second-order valence-corrected chi connectivity index (χ2v) is 4.24. The van der Waals surface area contributed by atoms with Crippen LogP contribution in [0.1, 0.15) is 19.8 Å². The van der Waals surface area contributed by atoms with Gasteiger partial charge in [-0.1, -0.05) is 18.7 Å². The van der Waals surface area contributed by atoms with Crippen LogP contribution in [0, 0.1) is 0 Å². The highest BCUT2D eigenvalue weighted by Crippen LogP contribution is 2.13. The Morgan fingerprint density at radius 2 is 2.36 bits per heavy atom. The molecule has 0 saturated carbocycles. The smallest absolute Gasteiger partial charge is 0.190 e. The average molecular weight is 214 g/mol. The molecule has 5 heteroatoms. The first-order valence-electron chi connectivity index (χ1n) is 5.02. The Labute approximate surface area is 89.5 Å². The van der Waals surface area contributed by atoms with E-state index in [9.17, 15) is 0 Å². The zero-order valence-electron chi connectivity index (χ0n) is 8.86. The second-order valence-electron chi connectivity index (χ2n) is 3.18. The molecule has 4 nitrogen and oxygen atoms in total. The summed E-state index contributed by atoms with van der Waals surface area (Å²) in [4.78, 5) is 0. The molecule has 0 unspecified atom stereocenters. The Kier molecular flexibility index (Phi) is 5.63. The molecule has 1 rings (SSSR count). The van der Waals surface area contributed by atoms with Crippen LogP contribution in [0.5, 0.6) is 0 Å². The van der Waals surface area contributed by atoms with E-state index < -0.39 is 0 Å². The number of thioether (sulfide) groups is 1. The lowest BCUT2D eigenvalue weighted by molar-refractivity contribution is 0.664. The second kappa shape index (κ2) is 6.84. The van der Waals surface area contributed by atoms with Gasteiger partial charge in [-0.05, 0) is 25.9 Å². The molecule has 0 atom stereocenters. The summed E-state index contributed by atoms with van der Waals surface area (Å²) in [5, 5.41) is 12.2. The van der Waals surface area contributed by atoms with Crippen molar-refractivity contribution in [2.24, 2.45) is 7.05 Å². The highest BCUT2D eigenvalue weighted by Gasteiger charge is 1.99. The van der Waals surface area contributed by atoms with Crippen molar-refractivity contribution >= 4 is 11.8 Å². The molecule has 0 aliphatic carbocycles. The van der Waals surface area contributed by atoms with E-state index in [1.54, 1.807) is 18.1 Å². The fraction of sp³-hybridized carbons (Fsp3) is 0.778. The highest BCUT2D eigenvalue weighted by molar-refractivity contribution is 7.99. The average Bonchev–Trinajstić information content (AvgIpc) is 2.58. The molecule has 0 radical (unpaired) electrons. The third-order valence-electron chi connectivity index (χ3n) is 1.83. The van der Waals surface area contributed by atoms with Gasteiger partial charge in [0, 0.05) is 12.8 Å². The first kappa shape index (κ1) is 11.5. The van der Waals surface area contributed by atoms with Gasteiger partial charge in [0.2, 0.25) is 0 Å². The normalized spacial score (nSPS) is 10.7. The van der Waals surface area contributed by atoms with E-state index >= 15 is 0 Å². The molecule has 0 saturated heterocycles. The van der Waals surface area contributed by atoms with Gasteiger partial charge < -0.3 is 9.88 Å². The molecule has 0 aromatic carbocycles. The molecule has 0 aliphatic rings. The number of aromatic nitrogens is 3. The Morgan fingerprint density at radius 1 is 1.50 bits per heavy atom. The van der Waals surface area contributed by atoms with E-state index in [1.807, 2.05) is 11.6 Å². The van der Waals surface area contributed by atoms with E-state index in [0.29, 0.717) is 0 Å². The zero-order valence-corrected chi connectivity index (χ0v) is 9.68. The molecule has 0 bridgehead atoms. The van der Waals surface area contributed by atoms with Gasteiger partial charge in [-0.15, -0.1) is 10.2 Å². The maximum Gasteiger partial charge on any atom is 0.190 e. The first-order chi connectivity index (χ1) is 6.84. The van der Waals surface area contributed by atoms with E-state index in [-0.39, 0.29) is 0 Å². The number of hydrogen-bond donors (Lipinski definition) is 1. The molecular weight excluding hydrogens is 196 g/mol. The fourth-order valence-corrected chi connectivity index (χ4v) is 1.89. The predicted molar refractivity (Wildman–Crippen MR) is 59.5 cm³/mol. The van der Waals surface area contributed by atoms with Crippen molar-refractivity contribution in [1.82, 2.24) is 20.1 Å². The number of aryl methyl sites for hydroxylation is 1. The Balaban J connectivity index is 2.02. The van der Waals surface area contributed by atoms with Crippen LogP contribution in [0.25, 0.3) is 0 Å². The van der Waals surface area contributed by atoms with Crippen molar-refractivity contribution in [1.29, 1.82) is 0 Å². The molecule has 0 amide bonds. The lowest BCUT2D eigenvalue weighted by Crippen LogP contribution is -2.16. The molecule has 1 aromatic heterocycles. The van der Waals surface area contributed by atoms with Gasteiger partial charge in [-0.25, -0.2) is 0 Å². The third-order valence-corrected chi connectivity index (χ3v) is 2.95. The standard InChI is InChI=1S/C9H18N4S/c1-3-5-10-6-4-7-14-9-12-11-8-13(9)2/h8,10H,3-7H2,1-2H3. The van der Waals surface area contributed by atoms with Gasteiger partial charge in [-0.3, -0.25) is 0 Å². The lowest BCUT2D eigenvalue weighted by atomic mass is 10.4. The first-order valence-corrected chi connectivity index (χ1v) is 6.00. The maximum absolute atomic E-state index is 4.01. The molecule has 1 N–H and O–H groups in total. The summed E-state index contributed by atoms with van der Waals surface area (Å²) in [5.74, 6) is 1.10. The van der Waals surface area contributed by atoms with E-state index in [1.165, 1.54) is 12.8 Å². The number of rotatable bonds is 7.